The summed E-state index contributed by atoms with van der Waals surface area (Å²) in [6.07, 6.45) is 1.81. The number of rotatable bonds is 4. The van der Waals surface area contributed by atoms with Gasteiger partial charge in [-0.2, -0.15) is 0 Å². The molecule has 54 valence electrons. The summed E-state index contributed by atoms with van der Waals surface area (Å²) in [5.74, 6) is 0. The second kappa shape index (κ2) is 5.56. The maximum absolute atomic E-state index is 5.33. The van der Waals surface area contributed by atoms with Crippen molar-refractivity contribution in [2.45, 2.75) is 6.92 Å². The third kappa shape index (κ3) is 3.97. The molecule has 0 aliphatic rings. The Morgan fingerprint density at radius 3 is 2.67 bits per heavy atom. The van der Waals surface area contributed by atoms with E-state index in [0.717, 1.165) is 13.1 Å². The summed E-state index contributed by atoms with van der Waals surface area (Å²) in [5, 5.41) is 0. The van der Waals surface area contributed by atoms with Crippen LogP contribution in [0.15, 0.2) is 4.99 Å². The summed E-state index contributed by atoms with van der Waals surface area (Å²) >= 11 is 0. The van der Waals surface area contributed by atoms with Gasteiger partial charge in [-0.1, -0.05) is 0 Å². The summed E-state index contributed by atoms with van der Waals surface area (Å²) in [7, 11) is 1.76. The van der Waals surface area contributed by atoms with Crippen LogP contribution in [0, 0.1) is 0 Å². The molecule has 0 heterocycles. The van der Waals surface area contributed by atoms with Gasteiger partial charge in [-0.25, -0.2) is 0 Å². The van der Waals surface area contributed by atoms with Crippen molar-refractivity contribution in [3.05, 3.63) is 0 Å². The molecule has 0 radical (unpaired) electrons. The van der Waals surface area contributed by atoms with E-state index in [2.05, 4.69) is 16.8 Å². The summed E-state index contributed by atoms with van der Waals surface area (Å²) in [6.45, 7) is 4.65. The molecule has 3 heteroatoms. The molecule has 0 spiro atoms. The average Bonchev–Trinajstić information content (AvgIpc) is 1.88. The van der Waals surface area contributed by atoms with Gasteiger partial charge in [-0.3, -0.25) is 4.99 Å². The lowest BCUT2D eigenvalue weighted by molar-refractivity contribution is 0.464. The van der Waals surface area contributed by atoms with Crippen molar-refractivity contribution in [2.24, 2.45) is 10.7 Å². The minimum absolute atomic E-state index is 0.694. The molecule has 0 unspecified atom stereocenters. The molecule has 0 saturated carbocycles. The van der Waals surface area contributed by atoms with Gasteiger partial charge in [0.2, 0.25) is 0 Å². The Kier molecular flexibility index (Phi) is 5.21. The van der Waals surface area contributed by atoms with Crippen LogP contribution in [0.1, 0.15) is 6.92 Å². The highest BCUT2D eigenvalue weighted by atomic mass is 15.1. The Labute approximate surface area is 56.6 Å². The third-order valence-corrected chi connectivity index (χ3v) is 1.10. The molecule has 0 aliphatic heterocycles. The van der Waals surface area contributed by atoms with Gasteiger partial charge in [0.05, 0.1) is 6.34 Å². The molecular formula is C6H15N3. The van der Waals surface area contributed by atoms with E-state index >= 15 is 0 Å². The van der Waals surface area contributed by atoms with Gasteiger partial charge in [0.1, 0.15) is 0 Å². The molecule has 0 aromatic heterocycles. The predicted molar refractivity (Wildman–Crippen MR) is 40.7 cm³/mol. The third-order valence-electron chi connectivity index (χ3n) is 1.10. The van der Waals surface area contributed by atoms with Crippen LogP contribution in [0.2, 0.25) is 0 Å². The SMILES string of the molecule is CCN(C=NC)CCN. The van der Waals surface area contributed by atoms with Crippen molar-refractivity contribution < 1.29 is 0 Å². The fraction of sp³-hybridized carbons (Fsp3) is 0.833. The van der Waals surface area contributed by atoms with Crippen molar-refractivity contribution in [2.75, 3.05) is 26.7 Å². The fourth-order valence-corrected chi connectivity index (χ4v) is 0.627. The zero-order chi connectivity index (χ0) is 7.11. The molecule has 0 aromatic rings. The molecular weight excluding hydrogens is 114 g/mol. The van der Waals surface area contributed by atoms with Gasteiger partial charge in [0.15, 0.2) is 0 Å². The molecule has 0 amide bonds. The van der Waals surface area contributed by atoms with Crippen molar-refractivity contribution in [3.63, 3.8) is 0 Å². The molecule has 0 atom stereocenters. The summed E-state index contributed by atoms with van der Waals surface area (Å²) in [5.41, 5.74) is 5.33. The lowest BCUT2D eigenvalue weighted by Crippen LogP contribution is -2.27. The molecule has 2 N–H and O–H groups in total. The highest BCUT2D eigenvalue weighted by Crippen LogP contribution is 1.78. The molecule has 0 rings (SSSR count). The molecule has 3 nitrogen and oxygen atoms in total. The van der Waals surface area contributed by atoms with Gasteiger partial charge in [0, 0.05) is 26.7 Å². The van der Waals surface area contributed by atoms with Crippen LogP contribution in [0.5, 0.6) is 0 Å². The van der Waals surface area contributed by atoms with Gasteiger partial charge in [-0.15, -0.1) is 0 Å². The van der Waals surface area contributed by atoms with E-state index in [4.69, 9.17) is 5.73 Å². The van der Waals surface area contributed by atoms with Crippen molar-refractivity contribution in [3.8, 4) is 0 Å². The van der Waals surface area contributed by atoms with Crippen LogP contribution >= 0.6 is 0 Å². The number of aliphatic imine (C=N–C) groups is 1. The Morgan fingerprint density at radius 1 is 1.67 bits per heavy atom. The minimum atomic E-state index is 0.694. The zero-order valence-corrected chi connectivity index (χ0v) is 6.17. The molecule has 0 saturated heterocycles. The van der Waals surface area contributed by atoms with E-state index in [0.29, 0.717) is 6.54 Å². The Hall–Kier alpha value is -0.570. The standard InChI is InChI=1S/C6H15N3/c1-3-9(5-4-7)6-8-2/h6H,3-5,7H2,1-2H3. The number of nitrogens with zero attached hydrogens (tertiary/aromatic N) is 2. The smallest absolute Gasteiger partial charge is 0.0846 e. The van der Waals surface area contributed by atoms with Crippen molar-refractivity contribution in [1.29, 1.82) is 0 Å². The quantitative estimate of drug-likeness (QED) is 0.426. The number of likely N-dealkylation sites (N-methyl/N-ethyl adjacent to an activating group) is 1. The fourth-order valence-electron chi connectivity index (χ4n) is 0.627. The first-order chi connectivity index (χ1) is 4.35. The van der Waals surface area contributed by atoms with Gasteiger partial charge in [0.25, 0.3) is 0 Å². The number of hydrogen-bond acceptors (Lipinski definition) is 2. The van der Waals surface area contributed by atoms with Crippen LogP contribution in [-0.2, 0) is 0 Å². The molecule has 9 heavy (non-hydrogen) atoms. The van der Waals surface area contributed by atoms with Crippen molar-refractivity contribution in [1.82, 2.24) is 4.90 Å². The Balaban J connectivity index is 3.41. The second-order valence-electron chi connectivity index (χ2n) is 1.79. The Bertz CT molecular complexity index is 80.4. The van der Waals surface area contributed by atoms with E-state index in [9.17, 15) is 0 Å². The van der Waals surface area contributed by atoms with Gasteiger partial charge < -0.3 is 10.6 Å². The van der Waals surface area contributed by atoms with Crippen LogP contribution in [-0.4, -0.2) is 37.9 Å². The van der Waals surface area contributed by atoms with Crippen molar-refractivity contribution >= 4 is 6.34 Å². The summed E-state index contributed by atoms with van der Waals surface area (Å²) in [6, 6.07) is 0. The van der Waals surface area contributed by atoms with Crippen LogP contribution in [0.3, 0.4) is 0 Å². The lowest BCUT2D eigenvalue weighted by atomic mass is 10.5. The lowest BCUT2D eigenvalue weighted by Gasteiger charge is -2.14. The summed E-state index contributed by atoms with van der Waals surface area (Å²) < 4.78 is 0. The molecule has 0 bridgehead atoms. The van der Waals surface area contributed by atoms with E-state index < -0.39 is 0 Å². The largest absolute Gasteiger partial charge is 0.362 e. The average molecular weight is 129 g/mol. The van der Waals surface area contributed by atoms with Crippen LogP contribution < -0.4 is 5.73 Å². The first-order valence-corrected chi connectivity index (χ1v) is 3.21. The first kappa shape index (κ1) is 8.43. The monoisotopic (exact) mass is 129 g/mol. The maximum atomic E-state index is 5.33. The topological polar surface area (TPSA) is 41.6 Å². The first-order valence-electron chi connectivity index (χ1n) is 3.21. The molecule has 0 aliphatic carbocycles. The van der Waals surface area contributed by atoms with E-state index in [-0.39, 0.29) is 0 Å². The number of hydrogen-bond donors (Lipinski definition) is 1. The highest BCUT2D eigenvalue weighted by molar-refractivity contribution is 5.54. The highest BCUT2D eigenvalue weighted by Gasteiger charge is 1.90. The van der Waals surface area contributed by atoms with Gasteiger partial charge in [-0.05, 0) is 6.92 Å². The van der Waals surface area contributed by atoms with E-state index in [1.165, 1.54) is 0 Å². The maximum Gasteiger partial charge on any atom is 0.0846 e. The molecule has 0 fully saturated rings. The zero-order valence-electron chi connectivity index (χ0n) is 6.17. The van der Waals surface area contributed by atoms with Crippen LogP contribution in [0.4, 0.5) is 0 Å². The normalized spacial score (nSPS) is 10.6. The number of nitrogens with two attached hydrogens (primary N) is 1. The minimum Gasteiger partial charge on any atom is -0.362 e. The second-order valence-corrected chi connectivity index (χ2v) is 1.79. The summed E-state index contributed by atoms with van der Waals surface area (Å²) in [4.78, 5) is 5.94. The van der Waals surface area contributed by atoms with Gasteiger partial charge >= 0.3 is 0 Å². The van der Waals surface area contributed by atoms with E-state index in [1.54, 1.807) is 7.05 Å². The van der Waals surface area contributed by atoms with Crippen LogP contribution in [0.25, 0.3) is 0 Å². The molecule has 0 aromatic carbocycles. The predicted octanol–water partition coefficient (Wildman–Crippen LogP) is -0.0749. The van der Waals surface area contributed by atoms with E-state index in [1.807, 2.05) is 6.34 Å². The Morgan fingerprint density at radius 2 is 2.33 bits per heavy atom.